The van der Waals surface area contributed by atoms with Gasteiger partial charge in [0.05, 0.1) is 6.42 Å². The summed E-state index contributed by atoms with van der Waals surface area (Å²) in [7, 11) is 0. The Balaban J connectivity index is 0.00000288. The summed E-state index contributed by atoms with van der Waals surface area (Å²) in [6, 6.07) is 15.8. The van der Waals surface area contributed by atoms with Crippen molar-refractivity contribution in [2.45, 2.75) is 26.2 Å². The number of aryl methyl sites for hydroxylation is 2. The maximum atomic E-state index is 11.2. The van der Waals surface area contributed by atoms with Crippen LogP contribution in [0, 0.1) is 0 Å². The molecule has 0 aliphatic carbocycles. The van der Waals surface area contributed by atoms with Gasteiger partial charge in [-0.05, 0) is 41.7 Å². The summed E-state index contributed by atoms with van der Waals surface area (Å²) in [5.74, 6) is 4.81. The second-order valence-corrected chi connectivity index (χ2v) is 5.44. The van der Waals surface area contributed by atoms with E-state index in [1.807, 2.05) is 48.5 Å². The molecule has 0 bridgehead atoms. The van der Waals surface area contributed by atoms with Crippen LogP contribution in [0.15, 0.2) is 48.5 Å². The molecule has 4 N–H and O–H groups in total. The maximum absolute atomic E-state index is 11.2. The maximum Gasteiger partial charge on any atom is 0.238 e. The standard InChI is InChI=1S/C18H21N3O2.ClH/c1-13(22)20-17-10-8-15(9-11-17)3-2-14-4-6-16(7-5-14)12-18(23)21-19;/h4-11H,2-3,12,19H2,1H3,(H,20,22)(H,21,23);1H. The van der Waals surface area contributed by atoms with E-state index in [2.05, 4.69) is 10.7 Å². The third-order valence-corrected chi connectivity index (χ3v) is 3.53. The molecule has 0 aromatic heterocycles. The van der Waals surface area contributed by atoms with Crippen molar-refractivity contribution >= 4 is 29.9 Å². The van der Waals surface area contributed by atoms with Gasteiger partial charge in [0, 0.05) is 12.6 Å². The van der Waals surface area contributed by atoms with Gasteiger partial charge in [0.25, 0.3) is 0 Å². The number of halogens is 1. The number of hydrazine groups is 1. The highest BCUT2D eigenvalue weighted by Crippen LogP contribution is 2.13. The van der Waals surface area contributed by atoms with Gasteiger partial charge < -0.3 is 5.32 Å². The fraction of sp³-hybridized carbons (Fsp3) is 0.222. The highest BCUT2D eigenvalue weighted by Gasteiger charge is 2.02. The first-order chi connectivity index (χ1) is 11.1. The van der Waals surface area contributed by atoms with E-state index in [1.165, 1.54) is 18.1 Å². The lowest BCUT2D eigenvalue weighted by Crippen LogP contribution is -2.31. The second-order valence-electron chi connectivity index (χ2n) is 5.44. The Labute approximate surface area is 148 Å². The van der Waals surface area contributed by atoms with Crippen LogP contribution in [-0.2, 0) is 28.9 Å². The number of nitrogens with two attached hydrogens (primary N) is 1. The summed E-state index contributed by atoms with van der Waals surface area (Å²) in [6.45, 7) is 1.49. The van der Waals surface area contributed by atoms with Crippen LogP contribution in [0.4, 0.5) is 5.69 Å². The van der Waals surface area contributed by atoms with Gasteiger partial charge in [0.15, 0.2) is 0 Å². The van der Waals surface area contributed by atoms with Crippen LogP contribution >= 0.6 is 12.4 Å². The molecule has 0 fully saturated rings. The molecule has 2 aromatic rings. The normalized spacial score (nSPS) is 9.75. The van der Waals surface area contributed by atoms with Gasteiger partial charge in [0.1, 0.15) is 0 Å². The second kappa shape index (κ2) is 9.70. The van der Waals surface area contributed by atoms with Crippen LogP contribution < -0.4 is 16.6 Å². The first-order valence-corrected chi connectivity index (χ1v) is 7.50. The average Bonchev–Trinajstić information content (AvgIpc) is 2.55. The minimum Gasteiger partial charge on any atom is -0.326 e. The predicted molar refractivity (Wildman–Crippen MR) is 97.9 cm³/mol. The fourth-order valence-electron chi connectivity index (χ4n) is 2.31. The van der Waals surface area contributed by atoms with Crippen LogP contribution in [-0.4, -0.2) is 11.8 Å². The number of hydrogen-bond donors (Lipinski definition) is 3. The SMILES string of the molecule is CC(=O)Nc1ccc(CCc2ccc(CC(=O)NN)cc2)cc1.Cl. The van der Waals surface area contributed by atoms with Gasteiger partial charge >= 0.3 is 0 Å². The summed E-state index contributed by atoms with van der Waals surface area (Å²) in [4.78, 5) is 22.2. The van der Waals surface area contributed by atoms with Gasteiger partial charge in [-0.3, -0.25) is 15.0 Å². The molecule has 24 heavy (non-hydrogen) atoms. The minimum atomic E-state index is -0.197. The summed E-state index contributed by atoms with van der Waals surface area (Å²) >= 11 is 0. The third kappa shape index (κ3) is 6.40. The molecule has 0 radical (unpaired) electrons. The van der Waals surface area contributed by atoms with Crippen molar-refractivity contribution in [1.82, 2.24) is 5.43 Å². The average molecular weight is 348 g/mol. The molecule has 0 atom stereocenters. The third-order valence-electron chi connectivity index (χ3n) is 3.53. The summed E-state index contributed by atoms with van der Waals surface area (Å²) in [6.07, 6.45) is 2.13. The first kappa shape index (κ1) is 19.7. The Kier molecular flexibility index (Phi) is 7.95. The van der Waals surface area contributed by atoms with E-state index in [4.69, 9.17) is 5.84 Å². The number of hydrogen-bond acceptors (Lipinski definition) is 3. The van der Waals surface area contributed by atoms with Gasteiger partial charge in [-0.2, -0.15) is 0 Å². The molecule has 2 aromatic carbocycles. The minimum absolute atomic E-state index is 0. The molecule has 0 unspecified atom stereocenters. The van der Waals surface area contributed by atoms with Crippen molar-refractivity contribution in [2.75, 3.05) is 5.32 Å². The molecule has 5 nitrogen and oxygen atoms in total. The molecule has 6 heteroatoms. The number of nitrogens with one attached hydrogen (secondary N) is 2. The van der Waals surface area contributed by atoms with Crippen LogP contribution in [0.3, 0.4) is 0 Å². The van der Waals surface area contributed by atoms with Gasteiger partial charge in [0.2, 0.25) is 11.8 Å². The number of carbonyl (C=O) groups excluding carboxylic acids is 2. The molecule has 0 saturated carbocycles. The van der Waals surface area contributed by atoms with Crippen molar-refractivity contribution in [1.29, 1.82) is 0 Å². The molecule has 0 heterocycles. The van der Waals surface area contributed by atoms with Gasteiger partial charge in [-0.25, -0.2) is 5.84 Å². The van der Waals surface area contributed by atoms with E-state index >= 15 is 0 Å². The smallest absolute Gasteiger partial charge is 0.238 e. The number of rotatable bonds is 6. The van der Waals surface area contributed by atoms with E-state index < -0.39 is 0 Å². The highest BCUT2D eigenvalue weighted by molar-refractivity contribution is 5.88. The van der Waals surface area contributed by atoms with Crippen molar-refractivity contribution in [2.24, 2.45) is 5.84 Å². The Morgan fingerprint density at radius 2 is 1.33 bits per heavy atom. The van der Waals surface area contributed by atoms with Gasteiger partial charge in [-0.15, -0.1) is 12.4 Å². The van der Waals surface area contributed by atoms with E-state index in [9.17, 15) is 9.59 Å². The lowest BCUT2D eigenvalue weighted by Gasteiger charge is -2.06. The molecule has 0 aliphatic heterocycles. The Morgan fingerprint density at radius 3 is 1.79 bits per heavy atom. The van der Waals surface area contributed by atoms with Crippen molar-refractivity contribution in [3.8, 4) is 0 Å². The summed E-state index contributed by atoms with van der Waals surface area (Å²) in [5.41, 5.74) is 6.31. The van der Waals surface area contributed by atoms with Crippen LogP contribution in [0.1, 0.15) is 23.6 Å². The largest absolute Gasteiger partial charge is 0.326 e. The molecule has 2 amide bonds. The predicted octanol–water partition coefficient (Wildman–Crippen LogP) is 2.38. The molecule has 128 valence electrons. The number of benzene rings is 2. The van der Waals surface area contributed by atoms with E-state index in [0.717, 1.165) is 24.1 Å². The monoisotopic (exact) mass is 347 g/mol. The molecule has 0 aliphatic rings. The quantitative estimate of drug-likeness (QED) is 0.426. The lowest BCUT2D eigenvalue weighted by atomic mass is 10.0. The molecular weight excluding hydrogens is 326 g/mol. The molecular formula is C18H22ClN3O2. The zero-order valence-electron chi connectivity index (χ0n) is 13.5. The van der Waals surface area contributed by atoms with Crippen LogP contribution in [0.2, 0.25) is 0 Å². The number of amides is 2. The highest BCUT2D eigenvalue weighted by atomic mass is 35.5. The van der Waals surface area contributed by atoms with Gasteiger partial charge in [-0.1, -0.05) is 36.4 Å². The molecule has 2 rings (SSSR count). The fourth-order valence-corrected chi connectivity index (χ4v) is 2.31. The van der Waals surface area contributed by atoms with Crippen molar-refractivity contribution in [3.63, 3.8) is 0 Å². The van der Waals surface area contributed by atoms with E-state index in [1.54, 1.807) is 0 Å². The topological polar surface area (TPSA) is 84.2 Å². The lowest BCUT2D eigenvalue weighted by molar-refractivity contribution is -0.120. The summed E-state index contributed by atoms with van der Waals surface area (Å²) < 4.78 is 0. The molecule has 0 spiro atoms. The number of anilines is 1. The zero-order chi connectivity index (χ0) is 16.7. The Morgan fingerprint density at radius 1 is 0.875 bits per heavy atom. The van der Waals surface area contributed by atoms with Crippen molar-refractivity contribution in [3.05, 3.63) is 65.2 Å². The van der Waals surface area contributed by atoms with Crippen LogP contribution in [0.5, 0.6) is 0 Å². The van der Waals surface area contributed by atoms with Crippen molar-refractivity contribution < 1.29 is 9.59 Å². The number of carbonyl (C=O) groups is 2. The van der Waals surface area contributed by atoms with Crippen LogP contribution in [0.25, 0.3) is 0 Å². The first-order valence-electron chi connectivity index (χ1n) is 7.50. The zero-order valence-corrected chi connectivity index (χ0v) is 14.4. The van der Waals surface area contributed by atoms with E-state index in [0.29, 0.717) is 6.42 Å². The Bertz CT molecular complexity index is 670. The summed E-state index contributed by atoms with van der Waals surface area (Å²) in [5, 5.41) is 2.75. The molecule has 0 saturated heterocycles. The Hall–Kier alpha value is -2.37. The van der Waals surface area contributed by atoms with E-state index in [-0.39, 0.29) is 24.2 Å².